The number of aromatic nitrogens is 2. The van der Waals surface area contributed by atoms with Gasteiger partial charge in [-0.25, -0.2) is 4.39 Å². The first-order valence-corrected chi connectivity index (χ1v) is 10.2. The molecule has 0 bridgehead atoms. The minimum atomic E-state index is -4.68. The van der Waals surface area contributed by atoms with E-state index in [1.165, 1.54) is 17.2 Å². The molecule has 174 valence electrons. The van der Waals surface area contributed by atoms with Gasteiger partial charge in [-0.3, -0.25) is 9.48 Å². The Morgan fingerprint density at radius 1 is 1.25 bits per heavy atom. The Labute approximate surface area is 184 Å². The van der Waals surface area contributed by atoms with Crippen LogP contribution in [0.4, 0.5) is 23.2 Å². The third-order valence-corrected chi connectivity index (χ3v) is 6.10. The lowest BCUT2D eigenvalue weighted by atomic mass is 9.82. The zero-order chi connectivity index (χ0) is 24.1. The van der Waals surface area contributed by atoms with E-state index in [1.807, 2.05) is 6.92 Å². The van der Waals surface area contributed by atoms with Gasteiger partial charge in [-0.1, -0.05) is 0 Å². The van der Waals surface area contributed by atoms with E-state index in [2.05, 4.69) is 5.10 Å². The summed E-state index contributed by atoms with van der Waals surface area (Å²) in [5, 5.41) is 14.6. The first-order chi connectivity index (χ1) is 14.7. The smallest absolute Gasteiger partial charge is 0.416 e. The largest absolute Gasteiger partial charge is 0.427 e. The number of alkyl halides is 4. The lowest BCUT2D eigenvalue weighted by molar-refractivity contribution is -0.138. The van der Waals surface area contributed by atoms with Crippen LogP contribution in [-0.2, 0) is 17.5 Å². The van der Waals surface area contributed by atoms with Crippen LogP contribution in [0.25, 0.3) is 0 Å². The molecule has 2 aromatic rings. The van der Waals surface area contributed by atoms with Gasteiger partial charge in [-0.05, 0) is 63.8 Å². The van der Waals surface area contributed by atoms with Gasteiger partial charge >= 0.3 is 13.7 Å². The molecular formula is C21H26BF4N3O3. The standard InChI is InChI=1S/C21H26BF4N3O3/c1-12-11-28(14-6-7-15(21(24,25)26)13(8-14)9-23)18(30)17-16(10-27-29(12)17)22-32-20(4,5)19(2,3)31/h6-8,10,12,22,31H,9,11H2,1-5H3/t12-/m0/s1. The monoisotopic (exact) mass is 455 g/mol. The normalized spacial score (nSPS) is 17.5. The summed E-state index contributed by atoms with van der Waals surface area (Å²) in [4.78, 5) is 14.6. The van der Waals surface area contributed by atoms with Crippen LogP contribution < -0.4 is 10.4 Å². The van der Waals surface area contributed by atoms with Crippen LogP contribution in [0.1, 0.15) is 62.3 Å². The van der Waals surface area contributed by atoms with Gasteiger partial charge < -0.3 is 14.7 Å². The van der Waals surface area contributed by atoms with Gasteiger partial charge in [-0.15, -0.1) is 0 Å². The van der Waals surface area contributed by atoms with E-state index in [-0.39, 0.29) is 31.5 Å². The topological polar surface area (TPSA) is 67.6 Å². The van der Waals surface area contributed by atoms with Gasteiger partial charge in [0.15, 0.2) is 0 Å². The molecule has 0 unspecified atom stereocenters. The second-order valence-electron chi connectivity index (χ2n) is 9.06. The first kappa shape index (κ1) is 24.3. The van der Waals surface area contributed by atoms with E-state index >= 15 is 0 Å². The van der Waals surface area contributed by atoms with Gasteiger partial charge in [0.2, 0.25) is 0 Å². The summed E-state index contributed by atoms with van der Waals surface area (Å²) in [5.74, 6) is -0.468. The van der Waals surface area contributed by atoms with Crippen LogP contribution in [0.15, 0.2) is 24.4 Å². The maximum absolute atomic E-state index is 13.3. The van der Waals surface area contributed by atoms with E-state index < -0.39 is 41.1 Å². The number of halogens is 4. The van der Waals surface area contributed by atoms with Crippen molar-refractivity contribution >= 4 is 24.5 Å². The highest BCUT2D eigenvalue weighted by Crippen LogP contribution is 2.35. The molecule has 1 atom stereocenters. The van der Waals surface area contributed by atoms with Gasteiger partial charge in [0, 0.05) is 18.4 Å². The molecule has 0 saturated heterocycles. The number of hydrogen-bond acceptors (Lipinski definition) is 4. The summed E-state index contributed by atoms with van der Waals surface area (Å²) in [7, 11) is 0.00135. The molecule has 0 spiro atoms. The Kier molecular flexibility index (Phi) is 6.20. The van der Waals surface area contributed by atoms with Crippen LogP contribution in [0.5, 0.6) is 0 Å². The molecule has 0 radical (unpaired) electrons. The summed E-state index contributed by atoms with van der Waals surface area (Å²) in [6, 6.07) is 2.76. The molecule has 6 nitrogen and oxygen atoms in total. The molecule has 1 aromatic heterocycles. The summed E-state index contributed by atoms with van der Waals surface area (Å²) < 4.78 is 60.2. The van der Waals surface area contributed by atoms with Crippen molar-refractivity contribution in [1.29, 1.82) is 0 Å². The zero-order valence-electron chi connectivity index (χ0n) is 18.6. The van der Waals surface area contributed by atoms with Crippen molar-refractivity contribution in [2.75, 3.05) is 11.4 Å². The predicted octanol–water partition coefficient (Wildman–Crippen LogP) is 3.14. The SMILES string of the molecule is C[C@H]1CN(c2ccc(C(F)(F)F)c(CF)c2)C(=O)c2c(BOC(C)(C)C(C)(C)O)cnn21. The zero-order valence-corrected chi connectivity index (χ0v) is 18.6. The summed E-state index contributed by atoms with van der Waals surface area (Å²) in [5.41, 5.74) is -2.74. The Morgan fingerprint density at radius 3 is 2.47 bits per heavy atom. The average molecular weight is 455 g/mol. The molecular weight excluding hydrogens is 429 g/mol. The second kappa shape index (κ2) is 8.19. The van der Waals surface area contributed by atoms with Crippen molar-refractivity contribution in [2.24, 2.45) is 0 Å². The quantitative estimate of drug-likeness (QED) is 0.537. The van der Waals surface area contributed by atoms with Gasteiger partial charge in [0.1, 0.15) is 12.4 Å². The van der Waals surface area contributed by atoms with Crippen molar-refractivity contribution in [3.63, 3.8) is 0 Å². The maximum atomic E-state index is 13.3. The minimum Gasteiger partial charge on any atom is -0.427 e. The van der Waals surface area contributed by atoms with Crippen LogP contribution in [0.2, 0.25) is 0 Å². The fourth-order valence-corrected chi connectivity index (χ4v) is 3.42. The van der Waals surface area contributed by atoms with Gasteiger partial charge in [0.25, 0.3) is 5.91 Å². The number of carbonyl (C=O) groups excluding carboxylic acids is 1. The molecule has 1 aliphatic heterocycles. The Bertz CT molecular complexity index is 1010. The number of amides is 1. The lowest BCUT2D eigenvalue weighted by Crippen LogP contribution is -2.50. The summed E-state index contributed by atoms with van der Waals surface area (Å²) >= 11 is 0. The lowest BCUT2D eigenvalue weighted by Gasteiger charge is -2.38. The number of carbonyl (C=O) groups is 1. The van der Waals surface area contributed by atoms with E-state index in [0.29, 0.717) is 5.46 Å². The fraction of sp³-hybridized carbons (Fsp3) is 0.524. The minimum absolute atomic E-state index is 0.00135. The second-order valence-corrected chi connectivity index (χ2v) is 9.06. The Morgan fingerprint density at radius 2 is 1.91 bits per heavy atom. The third kappa shape index (κ3) is 4.40. The number of rotatable bonds is 6. The summed E-state index contributed by atoms with van der Waals surface area (Å²) in [6.45, 7) is 7.36. The number of aliphatic hydroxyl groups is 1. The molecule has 1 N–H and O–H groups in total. The number of benzene rings is 1. The van der Waals surface area contributed by atoms with Gasteiger partial charge in [-0.2, -0.15) is 18.3 Å². The van der Waals surface area contributed by atoms with Crippen LogP contribution >= 0.6 is 0 Å². The third-order valence-electron chi connectivity index (χ3n) is 6.10. The highest BCUT2D eigenvalue weighted by molar-refractivity contribution is 6.49. The van der Waals surface area contributed by atoms with Crippen molar-refractivity contribution in [1.82, 2.24) is 9.78 Å². The summed E-state index contributed by atoms with van der Waals surface area (Å²) in [6.07, 6.45) is -3.18. The Hall–Kier alpha value is -2.40. The van der Waals surface area contributed by atoms with E-state index in [1.54, 1.807) is 32.4 Å². The predicted molar refractivity (Wildman–Crippen MR) is 113 cm³/mol. The molecule has 1 amide bonds. The molecule has 1 aromatic carbocycles. The van der Waals surface area contributed by atoms with Crippen molar-refractivity contribution < 1.29 is 32.1 Å². The van der Waals surface area contributed by atoms with Crippen molar-refractivity contribution in [3.05, 3.63) is 41.2 Å². The van der Waals surface area contributed by atoms with Crippen LogP contribution in [0, 0.1) is 0 Å². The first-order valence-electron chi connectivity index (χ1n) is 10.2. The van der Waals surface area contributed by atoms with E-state index in [4.69, 9.17) is 4.65 Å². The van der Waals surface area contributed by atoms with E-state index in [0.717, 1.165) is 12.1 Å². The highest BCUT2D eigenvalue weighted by atomic mass is 19.4. The average Bonchev–Trinajstić information content (AvgIpc) is 3.12. The van der Waals surface area contributed by atoms with Crippen LogP contribution in [-0.4, -0.2) is 46.0 Å². The number of anilines is 1. The number of nitrogens with zero attached hydrogens (tertiary/aromatic N) is 3. The molecule has 3 rings (SSSR count). The van der Waals surface area contributed by atoms with Crippen LogP contribution in [0.3, 0.4) is 0 Å². The molecule has 0 aliphatic carbocycles. The van der Waals surface area contributed by atoms with Crippen molar-refractivity contribution in [2.45, 2.75) is 64.7 Å². The molecule has 1 aliphatic rings. The molecule has 11 heteroatoms. The molecule has 0 saturated carbocycles. The van der Waals surface area contributed by atoms with Gasteiger partial charge in [0.05, 0.1) is 22.8 Å². The van der Waals surface area contributed by atoms with E-state index in [9.17, 15) is 27.5 Å². The molecule has 2 heterocycles. The number of hydrogen-bond donors (Lipinski definition) is 1. The number of fused-ring (bicyclic) bond motifs is 1. The maximum Gasteiger partial charge on any atom is 0.416 e. The highest BCUT2D eigenvalue weighted by Gasteiger charge is 2.39. The molecule has 0 fully saturated rings. The Balaban J connectivity index is 1.94. The van der Waals surface area contributed by atoms with Crippen molar-refractivity contribution in [3.8, 4) is 0 Å². The molecule has 32 heavy (non-hydrogen) atoms. The fourth-order valence-electron chi connectivity index (χ4n) is 3.42.